The smallest absolute Gasteiger partial charge is 0.331 e. The standard InChI is InChI=1S/C18H26N2O4/c1-5-11-18(3,17(23)24-4)20-15(21)12-13(2)19-16(22)14-9-7-6-8-10-14/h6-10,13H,5,11-12H2,1-4H3,(H,19,22)(H,20,21)/t13-,18+/m0/s1. The molecule has 0 unspecified atom stereocenters. The third-order valence-electron chi connectivity index (χ3n) is 3.71. The quantitative estimate of drug-likeness (QED) is 0.713. The molecule has 2 N–H and O–H groups in total. The minimum Gasteiger partial charge on any atom is -0.467 e. The summed E-state index contributed by atoms with van der Waals surface area (Å²) in [5, 5.41) is 5.50. The summed E-state index contributed by atoms with van der Waals surface area (Å²) < 4.78 is 4.77. The van der Waals surface area contributed by atoms with Crippen LogP contribution in [0.15, 0.2) is 30.3 Å². The van der Waals surface area contributed by atoms with Crippen LogP contribution in [0.3, 0.4) is 0 Å². The maximum absolute atomic E-state index is 12.2. The highest BCUT2D eigenvalue weighted by molar-refractivity contribution is 5.94. The van der Waals surface area contributed by atoms with Gasteiger partial charge in [-0.2, -0.15) is 0 Å². The first-order valence-electron chi connectivity index (χ1n) is 8.07. The van der Waals surface area contributed by atoms with Crippen LogP contribution in [0.5, 0.6) is 0 Å². The van der Waals surface area contributed by atoms with Crippen LogP contribution in [0.1, 0.15) is 50.4 Å². The van der Waals surface area contributed by atoms with E-state index in [9.17, 15) is 14.4 Å². The maximum atomic E-state index is 12.2. The number of esters is 1. The van der Waals surface area contributed by atoms with Gasteiger partial charge in [0.1, 0.15) is 5.54 Å². The van der Waals surface area contributed by atoms with Gasteiger partial charge in [-0.15, -0.1) is 0 Å². The van der Waals surface area contributed by atoms with E-state index in [0.29, 0.717) is 12.0 Å². The number of benzene rings is 1. The first-order valence-corrected chi connectivity index (χ1v) is 8.07. The van der Waals surface area contributed by atoms with Gasteiger partial charge >= 0.3 is 5.97 Å². The van der Waals surface area contributed by atoms with E-state index in [1.807, 2.05) is 13.0 Å². The first kappa shape index (κ1) is 19.7. The second-order valence-electron chi connectivity index (χ2n) is 6.07. The Kier molecular flexibility index (Phi) is 7.42. The van der Waals surface area contributed by atoms with Gasteiger partial charge in [0.15, 0.2) is 0 Å². The number of hydrogen-bond acceptors (Lipinski definition) is 4. The van der Waals surface area contributed by atoms with Gasteiger partial charge in [0.25, 0.3) is 5.91 Å². The number of carbonyl (C=O) groups excluding carboxylic acids is 3. The molecule has 6 heteroatoms. The van der Waals surface area contributed by atoms with E-state index in [4.69, 9.17) is 4.74 Å². The van der Waals surface area contributed by atoms with Crippen molar-refractivity contribution in [3.63, 3.8) is 0 Å². The lowest BCUT2D eigenvalue weighted by atomic mass is 9.95. The fourth-order valence-corrected chi connectivity index (χ4v) is 2.53. The van der Waals surface area contributed by atoms with Crippen LogP contribution in [0.2, 0.25) is 0 Å². The molecule has 0 aliphatic carbocycles. The van der Waals surface area contributed by atoms with E-state index >= 15 is 0 Å². The minimum atomic E-state index is -1.05. The van der Waals surface area contributed by atoms with Gasteiger partial charge in [-0.3, -0.25) is 9.59 Å². The normalized spacial score (nSPS) is 14.2. The van der Waals surface area contributed by atoms with Gasteiger partial charge < -0.3 is 15.4 Å². The number of methoxy groups -OCH3 is 1. The molecule has 1 aromatic rings. The molecule has 0 fully saturated rings. The third kappa shape index (κ3) is 5.68. The zero-order chi connectivity index (χ0) is 18.2. The van der Waals surface area contributed by atoms with Crippen molar-refractivity contribution in [2.24, 2.45) is 0 Å². The van der Waals surface area contributed by atoms with Crippen LogP contribution >= 0.6 is 0 Å². The molecule has 0 aromatic heterocycles. The van der Waals surface area contributed by atoms with E-state index in [0.717, 1.165) is 6.42 Å². The molecular weight excluding hydrogens is 308 g/mol. The van der Waals surface area contributed by atoms with E-state index in [1.165, 1.54) is 7.11 Å². The zero-order valence-electron chi connectivity index (χ0n) is 14.7. The van der Waals surface area contributed by atoms with Crippen molar-refractivity contribution in [3.05, 3.63) is 35.9 Å². The molecule has 132 valence electrons. The van der Waals surface area contributed by atoms with E-state index < -0.39 is 11.5 Å². The molecule has 0 saturated carbocycles. The summed E-state index contributed by atoms with van der Waals surface area (Å²) in [6, 6.07) is 8.43. The molecule has 0 saturated heterocycles. The van der Waals surface area contributed by atoms with Gasteiger partial charge in [-0.25, -0.2) is 4.79 Å². The summed E-state index contributed by atoms with van der Waals surface area (Å²) in [4.78, 5) is 36.2. The molecule has 6 nitrogen and oxygen atoms in total. The molecule has 0 heterocycles. The molecule has 2 amide bonds. The topological polar surface area (TPSA) is 84.5 Å². The molecule has 1 aromatic carbocycles. The molecule has 1 rings (SSSR count). The number of nitrogens with one attached hydrogen (secondary N) is 2. The van der Waals surface area contributed by atoms with Crippen molar-refractivity contribution in [3.8, 4) is 0 Å². The van der Waals surface area contributed by atoms with E-state index in [-0.39, 0.29) is 24.3 Å². The van der Waals surface area contributed by atoms with Crippen molar-refractivity contribution in [2.75, 3.05) is 7.11 Å². The molecule has 0 bridgehead atoms. The summed E-state index contributed by atoms with van der Waals surface area (Å²) >= 11 is 0. The molecule has 0 aliphatic heterocycles. The average molecular weight is 334 g/mol. The van der Waals surface area contributed by atoms with Crippen molar-refractivity contribution >= 4 is 17.8 Å². The van der Waals surface area contributed by atoms with Crippen molar-refractivity contribution in [1.29, 1.82) is 0 Å². The zero-order valence-corrected chi connectivity index (χ0v) is 14.7. The minimum absolute atomic E-state index is 0.0782. The molecule has 2 atom stereocenters. The van der Waals surface area contributed by atoms with Crippen LogP contribution in [0.4, 0.5) is 0 Å². The van der Waals surface area contributed by atoms with E-state index in [2.05, 4.69) is 10.6 Å². The fourth-order valence-electron chi connectivity index (χ4n) is 2.53. The predicted molar refractivity (Wildman–Crippen MR) is 91.5 cm³/mol. The SMILES string of the molecule is CCC[C@@](C)(NC(=O)C[C@H](C)NC(=O)c1ccccc1)C(=O)OC. The van der Waals surface area contributed by atoms with Gasteiger partial charge in [0.2, 0.25) is 5.91 Å². The first-order chi connectivity index (χ1) is 11.3. The highest BCUT2D eigenvalue weighted by atomic mass is 16.5. The summed E-state index contributed by atoms with van der Waals surface area (Å²) in [5.74, 6) is -1.02. The highest BCUT2D eigenvalue weighted by Crippen LogP contribution is 2.15. The summed E-state index contributed by atoms with van der Waals surface area (Å²) in [7, 11) is 1.30. The van der Waals surface area contributed by atoms with Crippen LogP contribution in [0, 0.1) is 0 Å². The van der Waals surface area contributed by atoms with Crippen LogP contribution in [-0.4, -0.2) is 36.5 Å². The van der Waals surface area contributed by atoms with Gasteiger partial charge in [-0.1, -0.05) is 31.5 Å². The second-order valence-corrected chi connectivity index (χ2v) is 6.07. The van der Waals surface area contributed by atoms with Crippen molar-refractivity contribution in [2.45, 2.75) is 51.6 Å². The van der Waals surface area contributed by atoms with Crippen molar-refractivity contribution in [1.82, 2.24) is 10.6 Å². The van der Waals surface area contributed by atoms with Gasteiger partial charge in [-0.05, 0) is 32.4 Å². The number of carbonyl (C=O) groups is 3. The largest absolute Gasteiger partial charge is 0.467 e. The Labute approximate surface area is 143 Å². The Balaban J connectivity index is 2.59. The lowest BCUT2D eigenvalue weighted by Gasteiger charge is -2.28. The van der Waals surface area contributed by atoms with Crippen LogP contribution < -0.4 is 10.6 Å². The predicted octanol–water partition coefficient (Wildman–Crippen LogP) is 2.04. The lowest BCUT2D eigenvalue weighted by molar-refractivity contribution is -0.150. The molecule has 0 spiro atoms. The van der Waals surface area contributed by atoms with E-state index in [1.54, 1.807) is 38.1 Å². The summed E-state index contributed by atoms with van der Waals surface area (Å²) in [5.41, 5.74) is -0.515. The molecule has 24 heavy (non-hydrogen) atoms. The Morgan fingerprint density at radius 2 is 1.83 bits per heavy atom. The molecule has 0 radical (unpaired) electrons. The Bertz CT molecular complexity index is 574. The van der Waals surface area contributed by atoms with Gasteiger partial charge in [0, 0.05) is 18.0 Å². The summed E-state index contributed by atoms with van der Waals surface area (Å²) in [6.45, 7) is 5.32. The highest BCUT2D eigenvalue weighted by Gasteiger charge is 2.35. The lowest BCUT2D eigenvalue weighted by Crippen LogP contribution is -2.53. The number of rotatable bonds is 8. The number of hydrogen-bond donors (Lipinski definition) is 2. The second kappa shape index (κ2) is 9.05. The Morgan fingerprint density at radius 3 is 2.38 bits per heavy atom. The summed E-state index contributed by atoms with van der Waals surface area (Å²) in [6.07, 6.45) is 1.29. The van der Waals surface area contributed by atoms with Gasteiger partial charge in [0.05, 0.1) is 7.11 Å². The molecule has 0 aliphatic rings. The maximum Gasteiger partial charge on any atom is 0.331 e. The average Bonchev–Trinajstić information content (AvgIpc) is 2.54. The third-order valence-corrected chi connectivity index (χ3v) is 3.71. The van der Waals surface area contributed by atoms with Crippen molar-refractivity contribution < 1.29 is 19.1 Å². The van der Waals surface area contributed by atoms with Crippen LogP contribution in [0.25, 0.3) is 0 Å². The monoisotopic (exact) mass is 334 g/mol. The number of amides is 2. The Morgan fingerprint density at radius 1 is 1.21 bits per heavy atom. The molecular formula is C18H26N2O4. The Hall–Kier alpha value is -2.37. The van der Waals surface area contributed by atoms with Crippen LogP contribution in [-0.2, 0) is 14.3 Å². The fraction of sp³-hybridized carbons (Fsp3) is 0.500. The number of ether oxygens (including phenoxy) is 1.